The predicted octanol–water partition coefficient (Wildman–Crippen LogP) is 2.89. The minimum absolute atomic E-state index is 0.0665. The summed E-state index contributed by atoms with van der Waals surface area (Å²) >= 11 is 0. The first-order chi connectivity index (χ1) is 9.63. The van der Waals surface area contributed by atoms with Gasteiger partial charge in [-0.05, 0) is 29.8 Å². The van der Waals surface area contributed by atoms with E-state index in [0.29, 0.717) is 11.5 Å². The van der Waals surface area contributed by atoms with Crippen LogP contribution in [0, 0.1) is 10.1 Å². The van der Waals surface area contributed by atoms with Gasteiger partial charge < -0.3 is 14.6 Å². The van der Waals surface area contributed by atoms with Gasteiger partial charge in [0.15, 0.2) is 0 Å². The van der Waals surface area contributed by atoms with Gasteiger partial charge in [0.25, 0.3) is 0 Å². The number of aliphatic hydroxyl groups is 1. The van der Waals surface area contributed by atoms with Crippen LogP contribution in [0.3, 0.4) is 0 Å². The Kier molecular flexibility index (Phi) is 4.17. The molecule has 1 N–H and O–H groups in total. The number of ether oxygens (including phenoxy) is 2. The Balaban J connectivity index is 2.29. The van der Waals surface area contributed by atoms with Crippen molar-refractivity contribution in [1.29, 1.82) is 0 Å². The van der Waals surface area contributed by atoms with Crippen LogP contribution in [0.4, 0.5) is 5.69 Å². The van der Waals surface area contributed by atoms with Gasteiger partial charge in [0.2, 0.25) is 5.75 Å². The molecule has 2 aromatic carbocycles. The van der Waals surface area contributed by atoms with Crippen LogP contribution in [0.25, 0.3) is 0 Å². The van der Waals surface area contributed by atoms with Crippen LogP contribution in [-0.2, 0) is 6.61 Å². The van der Waals surface area contributed by atoms with E-state index in [0.717, 1.165) is 5.56 Å². The second-order valence-corrected chi connectivity index (χ2v) is 3.99. The Morgan fingerprint density at radius 1 is 1.15 bits per heavy atom. The molecule has 0 bridgehead atoms. The van der Waals surface area contributed by atoms with Crippen LogP contribution in [0.2, 0.25) is 0 Å². The average molecular weight is 275 g/mol. The molecular formula is C14H13NO5. The lowest BCUT2D eigenvalue weighted by Gasteiger charge is -2.08. The van der Waals surface area contributed by atoms with E-state index >= 15 is 0 Å². The Bertz CT molecular complexity index is 609. The van der Waals surface area contributed by atoms with E-state index in [2.05, 4.69) is 0 Å². The third-order valence-corrected chi connectivity index (χ3v) is 2.70. The van der Waals surface area contributed by atoms with Crippen molar-refractivity contribution in [2.75, 3.05) is 7.11 Å². The Morgan fingerprint density at radius 3 is 2.35 bits per heavy atom. The molecule has 2 aromatic rings. The number of benzene rings is 2. The van der Waals surface area contributed by atoms with Gasteiger partial charge in [-0.1, -0.05) is 12.1 Å². The van der Waals surface area contributed by atoms with Crippen molar-refractivity contribution < 1.29 is 19.5 Å². The van der Waals surface area contributed by atoms with E-state index in [9.17, 15) is 10.1 Å². The van der Waals surface area contributed by atoms with Crippen LogP contribution in [0.5, 0.6) is 17.2 Å². The highest BCUT2D eigenvalue weighted by Crippen LogP contribution is 2.34. The Morgan fingerprint density at radius 2 is 1.80 bits per heavy atom. The molecule has 0 aliphatic heterocycles. The van der Waals surface area contributed by atoms with E-state index < -0.39 is 4.92 Å². The molecule has 0 heterocycles. The molecule has 0 saturated heterocycles. The first kappa shape index (κ1) is 13.8. The lowest BCUT2D eigenvalue weighted by Crippen LogP contribution is -1.95. The summed E-state index contributed by atoms with van der Waals surface area (Å²) in [6.45, 7) is -0.0665. The molecule has 0 atom stereocenters. The fraction of sp³-hybridized carbons (Fsp3) is 0.143. The van der Waals surface area contributed by atoms with Crippen molar-refractivity contribution in [2.24, 2.45) is 0 Å². The first-order valence-electron chi connectivity index (χ1n) is 5.84. The quantitative estimate of drug-likeness (QED) is 0.670. The van der Waals surface area contributed by atoms with Gasteiger partial charge in [0.1, 0.15) is 11.5 Å². The van der Waals surface area contributed by atoms with Gasteiger partial charge in [0, 0.05) is 0 Å². The summed E-state index contributed by atoms with van der Waals surface area (Å²) in [7, 11) is 1.44. The standard InChI is InChI=1S/C14H13NO5/c1-19-12-6-7-14(13(8-12)15(17)18)20-11-4-2-10(9-16)3-5-11/h2-8,16H,9H2,1H3. The Labute approximate surface area is 115 Å². The third-order valence-electron chi connectivity index (χ3n) is 2.70. The normalized spacial score (nSPS) is 10.1. The zero-order chi connectivity index (χ0) is 14.5. The van der Waals surface area contributed by atoms with Crippen molar-refractivity contribution in [3.8, 4) is 17.2 Å². The summed E-state index contributed by atoms with van der Waals surface area (Å²) in [5, 5.41) is 20.0. The van der Waals surface area contributed by atoms with Gasteiger partial charge in [-0.15, -0.1) is 0 Å². The highest BCUT2D eigenvalue weighted by atomic mass is 16.6. The van der Waals surface area contributed by atoms with Gasteiger partial charge in [0.05, 0.1) is 24.7 Å². The lowest BCUT2D eigenvalue weighted by molar-refractivity contribution is -0.385. The lowest BCUT2D eigenvalue weighted by atomic mass is 10.2. The van der Waals surface area contributed by atoms with Crippen LogP contribution in [0.1, 0.15) is 5.56 Å². The van der Waals surface area contributed by atoms with Crippen molar-refractivity contribution in [3.05, 3.63) is 58.1 Å². The zero-order valence-corrected chi connectivity index (χ0v) is 10.8. The van der Waals surface area contributed by atoms with Crippen LogP contribution in [-0.4, -0.2) is 17.1 Å². The molecule has 0 aliphatic rings. The number of nitrogens with zero attached hydrogens (tertiary/aromatic N) is 1. The minimum Gasteiger partial charge on any atom is -0.496 e. The number of hydrogen-bond acceptors (Lipinski definition) is 5. The average Bonchev–Trinajstić information content (AvgIpc) is 2.48. The molecule has 6 heteroatoms. The highest BCUT2D eigenvalue weighted by molar-refractivity contribution is 5.52. The van der Waals surface area contributed by atoms with Crippen molar-refractivity contribution in [3.63, 3.8) is 0 Å². The van der Waals surface area contributed by atoms with Gasteiger partial charge in [-0.2, -0.15) is 0 Å². The summed E-state index contributed by atoms with van der Waals surface area (Å²) in [5.74, 6) is 0.975. The molecular weight excluding hydrogens is 262 g/mol. The Hall–Kier alpha value is -2.60. The fourth-order valence-corrected chi connectivity index (χ4v) is 1.64. The number of nitro benzene ring substituents is 1. The second-order valence-electron chi connectivity index (χ2n) is 3.99. The summed E-state index contributed by atoms with van der Waals surface area (Å²) in [6.07, 6.45) is 0. The molecule has 0 saturated carbocycles. The molecule has 2 rings (SSSR count). The topological polar surface area (TPSA) is 81.8 Å². The van der Waals surface area contributed by atoms with E-state index in [1.807, 2.05) is 0 Å². The zero-order valence-electron chi connectivity index (χ0n) is 10.8. The molecule has 0 aliphatic carbocycles. The van der Waals surface area contributed by atoms with Crippen molar-refractivity contribution in [2.45, 2.75) is 6.61 Å². The SMILES string of the molecule is COc1ccc(Oc2ccc(CO)cc2)c([N+](=O)[O-])c1. The summed E-state index contributed by atoms with van der Waals surface area (Å²) in [5.41, 5.74) is 0.567. The number of nitro groups is 1. The van der Waals surface area contributed by atoms with E-state index in [4.69, 9.17) is 14.6 Å². The van der Waals surface area contributed by atoms with Crippen LogP contribution >= 0.6 is 0 Å². The second kappa shape index (κ2) is 6.03. The molecule has 6 nitrogen and oxygen atoms in total. The smallest absolute Gasteiger partial charge is 0.315 e. The maximum absolute atomic E-state index is 11.0. The summed E-state index contributed by atoms with van der Waals surface area (Å²) < 4.78 is 10.4. The summed E-state index contributed by atoms with van der Waals surface area (Å²) in [4.78, 5) is 10.5. The van der Waals surface area contributed by atoms with Crippen molar-refractivity contribution >= 4 is 5.69 Å². The number of aliphatic hydroxyl groups excluding tert-OH is 1. The maximum Gasteiger partial charge on any atom is 0.315 e. The van der Waals surface area contributed by atoms with E-state index in [1.165, 1.54) is 19.2 Å². The molecule has 0 spiro atoms. The number of hydrogen-bond donors (Lipinski definition) is 1. The molecule has 0 amide bonds. The highest BCUT2D eigenvalue weighted by Gasteiger charge is 2.17. The van der Waals surface area contributed by atoms with Crippen LogP contribution < -0.4 is 9.47 Å². The largest absolute Gasteiger partial charge is 0.496 e. The first-order valence-corrected chi connectivity index (χ1v) is 5.84. The fourth-order valence-electron chi connectivity index (χ4n) is 1.64. The molecule has 20 heavy (non-hydrogen) atoms. The molecule has 0 aromatic heterocycles. The third kappa shape index (κ3) is 3.04. The predicted molar refractivity (Wildman–Crippen MR) is 72.1 cm³/mol. The number of methoxy groups -OCH3 is 1. The van der Waals surface area contributed by atoms with Crippen LogP contribution in [0.15, 0.2) is 42.5 Å². The van der Waals surface area contributed by atoms with Gasteiger partial charge in [-0.25, -0.2) is 0 Å². The molecule has 0 fully saturated rings. The molecule has 0 unspecified atom stereocenters. The minimum atomic E-state index is -0.528. The monoisotopic (exact) mass is 275 g/mol. The van der Waals surface area contributed by atoms with Gasteiger partial charge in [-0.3, -0.25) is 10.1 Å². The van der Waals surface area contributed by atoms with Gasteiger partial charge >= 0.3 is 5.69 Å². The van der Waals surface area contributed by atoms with E-state index in [1.54, 1.807) is 30.3 Å². The van der Waals surface area contributed by atoms with E-state index in [-0.39, 0.29) is 18.0 Å². The molecule has 0 radical (unpaired) electrons. The summed E-state index contributed by atoms with van der Waals surface area (Å²) in [6, 6.07) is 11.0. The maximum atomic E-state index is 11.0. The molecule has 104 valence electrons. The van der Waals surface area contributed by atoms with Crippen molar-refractivity contribution in [1.82, 2.24) is 0 Å². The number of rotatable bonds is 5.